The molecule has 2 rings (SSSR count). The van der Waals surface area contributed by atoms with Crippen molar-refractivity contribution in [3.05, 3.63) is 65.5 Å². The Morgan fingerprint density at radius 3 is 2.10 bits per heavy atom. The minimum atomic E-state index is -1.43. The molecule has 0 aromatic heterocycles. The molecule has 0 heterocycles. The highest BCUT2D eigenvalue weighted by Gasteiger charge is 2.25. The summed E-state index contributed by atoms with van der Waals surface area (Å²) in [4.78, 5) is 0.628. The number of rotatable bonds is 4. The van der Waals surface area contributed by atoms with Crippen molar-refractivity contribution in [2.75, 3.05) is 0 Å². The second-order valence-electron chi connectivity index (χ2n) is 4.41. The summed E-state index contributed by atoms with van der Waals surface area (Å²) in [6, 6.07) is 13.0. The van der Waals surface area contributed by atoms with Crippen LogP contribution in [0.5, 0.6) is 0 Å². The number of alkyl halides is 2. The third-order valence-corrected chi connectivity index (χ3v) is 5.81. The molecule has 0 aliphatic heterocycles. The van der Waals surface area contributed by atoms with E-state index in [-0.39, 0.29) is 5.82 Å². The van der Waals surface area contributed by atoms with Gasteiger partial charge in [0.1, 0.15) is 10.5 Å². The second-order valence-corrected chi connectivity index (χ2v) is 7.19. The summed E-state index contributed by atoms with van der Waals surface area (Å²) in [5, 5.41) is -0.653. The van der Waals surface area contributed by atoms with Crippen LogP contribution in [0, 0.1) is 12.7 Å². The first-order chi connectivity index (χ1) is 9.49. The third kappa shape index (κ3) is 3.60. The maximum atomic E-state index is 12.9. The van der Waals surface area contributed by atoms with Crippen LogP contribution in [0.2, 0.25) is 0 Å². The maximum absolute atomic E-state index is 12.9. The Bertz CT molecular complexity index is 598. The zero-order chi connectivity index (χ0) is 14.7. The molecule has 5 heteroatoms. The zero-order valence-electron chi connectivity index (χ0n) is 10.7. The van der Waals surface area contributed by atoms with Gasteiger partial charge in [0.15, 0.2) is 0 Å². The summed E-state index contributed by atoms with van der Waals surface area (Å²) in [7, 11) is -1.43. The van der Waals surface area contributed by atoms with Crippen LogP contribution in [0.4, 0.5) is 4.39 Å². The lowest BCUT2D eigenvalue weighted by Gasteiger charge is -2.16. The molecule has 2 aromatic carbocycles. The Kier molecular flexibility index (Phi) is 5.19. The van der Waals surface area contributed by atoms with Crippen LogP contribution in [0.3, 0.4) is 0 Å². The van der Waals surface area contributed by atoms with E-state index >= 15 is 0 Å². The monoisotopic (exact) mass is 330 g/mol. The first-order valence-electron chi connectivity index (χ1n) is 6.00. The summed E-state index contributed by atoms with van der Waals surface area (Å²) >= 11 is 12.4. The molecule has 0 saturated carbocycles. The van der Waals surface area contributed by atoms with Gasteiger partial charge < -0.3 is 0 Å². The van der Waals surface area contributed by atoms with Gasteiger partial charge in [-0.3, -0.25) is 4.21 Å². The van der Waals surface area contributed by atoms with E-state index in [0.29, 0.717) is 10.5 Å². The number of hydrogen-bond acceptors (Lipinski definition) is 1. The van der Waals surface area contributed by atoms with E-state index < -0.39 is 20.9 Å². The maximum Gasteiger partial charge on any atom is 0.134 e. The van der Waals surface area contributed by atoms with Crippen LogP contribution < -0.4 is 0 Å². The first-order valence-corrected chi connectivity index (χ1v) is 8.08. The summed E-state index contributed by atoms with van der Waals surface area (Å²) in [6.45, 7) is 1.95. The fourth-order valence-electron chi connectivity index (χ4n) is 1.71. The van der Waals surface area contributed by atoms with Gasteiger partial charge in [0.05, 0.1) is 16.2 Å². The number of hydrogen-bond donors (Lipinski definition) is 0. The molecule has 0 amide bonds. The minimum absolute atomic E-state index is 0.344. The number of benzene rings is 2. The largest absolute Gasteiger partial charge is 0.253 e. The van der Waals surface area contributed by atoms with Crippen LogP contribution in [-0.2, 0) is 10.8 Å². The molecule has 1 nitrogen and oxygen atoms in total. The molecule has 0 aliphatic rings. The van der Waals surface area contributed by atoms with Gasteiger partial charge in [0.25, 0.3) is 0 Å². The average molecular weight is 331 g/mol. The van der Waals surface area contributed by atoms with E-state index in [9.17, 15) is 8.60 Å². The predicted molar refractivity (Wildman–Crippen MR) is 82.2 cm³/mol. The molecule has 0 spiro atoms. The zero-order valence-corrected chi connectivity index (χ0v) is 13.1. The van der Waals surface area contributed by atoms with E-state index in [1.807, 2.05) is 19.1 Å². The van der Waals surface area contributed by atoms with Gasteiger partial charge in [0.2, 0.25) is 0 Å². The second kappa shape index (κ2) is 6.70. The lowest BCUT2D eigenvalue weighted by atomic mass is 10.2. The van der Waals surface area contributed by atoms with Crippen LogP contribution >= 0.6 is 23.2 Å². The molecular weight excluding hydrogens is 318 g/mol. The smallest absolute Gasteiger partial charge is 0.134 e. The normalized spacial score (nSPS) is 15.6. The molecule has 0 aliphatic carbocycles. The van der Waals surface area contributed by atoms with Crippen LogP contribution in [0.25, 0.3) is 0 Å². The van der Waals surface area contributed by atoms with Gasteiger partial charge in [-0.05, 0) is 36.8 Å². The Morgan fingerprint density at radius 1 is 1.00 bits per heavy atom. The topological polar surface area (TPSA) is 17.1 Å². The fourth-order valence-corrected chi connectivity index (χ4v) is 3.63. The standard InChI is InChI=1S/C15H13Cl2FOS/c1-10-2-8-13(9-3-10)20(19)15(17)14(16)11-4-6-12(18)7-5-11/h2-9,14-15H,1H3. The molecular formula is C15H13Cl2FOS. The van der Waals surface area contributed by atoms with Gasteiger partial charge in [-0.15, -0.1) is 23.2 Å². The quantitative estimate of drug-likeness (QED) is 0.737. The van der Waals surface area contributed by atoms with Gasteiger partial charge in [-0.25, -0.2) is 4.39 Å². The van der Waals surface area contributed by atoms with E-state index in [0.717, 1.165) is 5.56 Å². The van der Waals surface area contributed by atoms with Gasteiger partial charge in [-0.1, -0.05) is 29.8 Å². The van der Waals surface area contributed by atoms with Crippen LogP contribution in [0.15, 0.2) is 53.4 Å². The number of aryl methyl sites for hydroxylation is 1. The molecule has 0 radical (unpaired) electrons. The summed E-state index contributed by atoms with van der Waals surface area (Å²) < 4.78 is 24.4. The first kappa shape index (κ1) is 15.5. The van der Waals surface area contributed by atoms with E-state index in [2.05, 4.69) is 0 Å². The summed E-state index contributed by atoms with van der Waals surface area (Å²) in [5.74, 6) is -0.344. The lowest BCUT2D eigenvalue weighted by molar-refractivity contribution is 0.627. The fraction of sp³-hybridized carbons (Fsp3) is 0.200. The van der Waals surface area contributed by atoms with Crippen molar-refractivity contribution >= 4 is 34.0 Å². The Hall–Kier alpha value is -0.900. The van der Waals surface area contributed by atoms with Crippen LogP contribution in [-0.4, -0.2) is 8.92 Å². The van der Waals surface area contributed by atoms with Crippen LogP contribution in [0.1, 0.15) is 16.5 Å². The van der Waals surface area contributed by atoms with Crippen molar-refractivity contribution in [3.63, 3.8) is 0 Å². The molecule has 0 bridgehead atoms. The van der Waals surface area contributed by atoms with E-state index in [1.54, 1.807) is 24.3 Å². The molecule has 0 fully saturated rings. The third-order valence-electron chi connectivity index (χ3n) is 2.88. The SMILES string of the molecule is Cc1ccc(S(=O)C(Cl)C(Cl)c2ccc(F)cc2)cc1. The molecule has 20 heavy (non-hydrogen) atoms. The van der Waals surface area contributed by atoms with Crippen molar-refractivity contribution in [2.24, 2.45) is 0 Å². The van der Waals surface area contributed by atoms with Gasteiger partial charge in [-0.2, -0.15) is 0 Å². The molecule has 3 atom stereocenters. The molecule has 0 saturated heterocycles. The highest BCUT2D eigenvalue weighted by Crippen LogP contribution is 2.32. The Morgan fingerprint density at radius 2 is 1.55 bits per heavy atom. The van der Waals surface area contributed by atoms with Crippen molar-refractivity contribution in [3.8, 4) is 0 Å². The van der Waals surface area contributed by atoms with Crippen molar-refractivity contribution in [2.45, 2.75) is 21.9 Å². The molecule has 106 valence electrons. The van der Waals surface area contributed by atoms with Crippen molar-refractivity contribution < 1.29 is 8.60 Å². The average Bonchev–Trinajstić information content (AvgIpc) is 2.46. The molecule has 2 aromatic rings. The Balaban J connectivity index is 2.17. The van der Waals surface area contributed by atoms with E-state index in [4.69, 9.17) is 23.2 Å². The van der Waals surface area contributed by atoms with Crippen molar-refractivity contribution in [1.29, 1.82) is 0 Å². The molecule has 3 unspecified atom stereocenters. The molecule has 0 N–H and O–H groups in total. The summed E-state index contributed by atoms with van der Waals surface area (Å²) in [5.41, 5.74) is 1.73. The lowest BCUT2D eigenvalue weighted by Crippen LogP contribution is -2.14. The predicted octanol–water partition coefficient (Wildman–Crippen LogP) is 4.79. The Labute approximate surface area is 130 Å². The van der Waals surface area contributed by atoms with Crippen molar-refractivity contribution in [1.82, 2.24) is 0 Å². The van der Waals surface area contributed by atoms with E-state index in [1.165, 1.54) is 12.1 Å². The minimum Gasteiger partial charge on any atom is -0.253 e. The highest BCUT2D eigenvalue weighted by molar-refractivity contribution is 7.87. The highest BCUT2D eigenvalue weighted by atomic mass is 35.5. The van der Waals surface area contributed by atoms with Gasteiger partial charge in [0, 0.05) is 4.90 Å². The number of halogens is 3. The van der Waals surface area contributed by atoms with Gasteiger partial charge >= 0.3 is 0 Å². The summed E-state index contributed by atoms with van der Waals surface area (Å²) in [6.07, 6.45) is 0.